The minimum Gasteiger partial charge on any atom is -0.493 e. The van der Waals surface area contributed by atoms with Crippen LogP contribution in [-0.4, -0.2) is 43.0 Å². The zero-order valence-electron chi connectivity index (χ0n) is 16.9. The van der Waals surface area contributed by atoms with Crippen LogP contribution in [0.2, 0.25) is 0 Å². The van der Waals surface area contributed by atoms with Crippen molar-refractivity contribution < 1.29 is 9.47 Å². The smallest absolute Gasteiger partial charge is 0.195 e. The molecule has 0 amide bonds. The normalized spacial score (nSPS) is 11.0. The van der Waals surface area contributed by atoms with E-state index in [-0.39, 0.29) is 24.0 Å². The highest BCUT2D eigenvalue weighted by atomic mass is 127. The number of ether oxygens (including phenoxy) is 2. The predicted octanol–water partition coefficient (Wildman–Crippen LogP) is 3.29. The van der Waals surface area contributed by atoms with Crippen LogP contribution in [0.1, 0.15) is 23.9 Å². The molecule has 27 heavy (non-hydrogen) atoms. The molecule has 1 aromatic carbocycles. The zero-order valence-corrected chi connectivity index (χ0v) is 19.3. The van der Waals surface area contributed by atoms with Crippen LogP contribution in [0.3, 0.4) is 0 Å². The van der Waals surface area contributed by atoms with Crippen LogP contribution >= 0.6 is 24.0 Å². The molecule has 0 bridgehead atoms. The Kier molecular flexibility index (Phi) is 9.40. The van der Waals surface area contributed by atoms with Gasteiger partial charge in [0, 0.05) is 38.1 Å². The van der Waals surface area contributed by atoms with Gasteiger partial charge in [-0.15, -0.1) is 24.0 Å². The van der Waals surface area contributed by atoms with E-state index in [4.69, 9.17) is 9.47 Å². The molecule has 0 radical (unpaired) electrons. The minimum absolute atomic E-state index is 0. The number of guanidine groups is 1. The number of nitrogens with zero attached hydrogens (tertiary/aromatic N) is 3. The number of halogens is 1. The van der Waals surface area contributed by atoms with E-state index < -0.39 is 0 Å². The summed E-state index contributed by atoms with van der Waals surface area (Å²) in [4.78, 5) is 4.28. The molecule has 0 unspecified atom stereocenters. The Morgan fingerprint density at radius 3 is 2.56 bits per heavy atom. The molecule has 150 valence electrons. The Hall–Kier alpha value is -1.97. The van der Waals surface area contributed by atoms with Gasteiger partial charge in [-0.3, -0.25) is 9.67 Å². The van der Waals surface area contributed by atoms with Crippen molar-refractivity contribution in [3.8, 4) is 11.5 Å². The standard InChI is InChI=1S/C19H29N5O2.HI/c1-7-26-17-9-8-15(12-18(17)25-6)22-19(20-4)21-11-10-16-13(2)23-24(5)14(16)3;/h8-9,12H,7,10-11H2,1-6H3,(H2,20,21,22);1H. The number of methoxy groups -OCH3 is 1. The first-order valence-electron chi connectivity index (χ1n) is 8.77. The third kappa shape index (κ3) is 6.02. The molecule has 0 aliphatic carbocycles. The largest absolute Gasteiger partial charge is 0.493 e. The maximum Gasteiger partial charge on any atom is 0.195 e. The summed E-state index contributed by atoms with van der Waals surface area (Å²) >= 11 is 0. The monoisotopic (exact) mass is 487 g/mol. The number of anilines is 1. The second-order valence-electron chi connectivity index (χ2n) is 5.95. The van der Waals surface area contributed by atoms with Gasteiger partial charge in [0.2, 0.25) is 0 Å². The number of aryl methyl sites for hydroxylation is 2. The minimum atomic E-state index is 0. The first-order chi connectivity index (χ1) is 12.5. The van der Waals surface area contributed by atoms with Gasteiger partial charge in [-0.1, -0.05) is 0 Å². The first kappa shape index (κ1) is 23.1. The van der Waals surface area contributed by atoms with E-state index in [2.05, 4.69) is 27.6 Å². The highest BCUT2D eigenvalue weighted by molar-refractivity contribution is 14.0. The van der Waals surface area contributed by atoms with Crippen LogP contribution in [0.4, 0.5) is 5.69 Å². The summed E-state index contributed by atoms with van der Waals surface area (Å²) in [7, 11) is 5.36. The number of aliphatic imine (C=N–C) groups is 1. The molecule has 0 fully saturated rings. The molecule has 2 rings (SSSR count). The van der Waals surface area contributed by atoms with Gasteiger partial charge in [-0.05, 0) is 44.9 Å². The SMILES string of the molecule is CCOc1ccc(NC(=NC)NCCc2c(C)nn(C)c2C)cc1OC.I. The van der Waals surface area contributed by atoms with Gasteiger partial charge in [-0.2, -0.15) is 5.10 Å². The lowest BCUT2D eigenvalue weighted by molar-refractivity contribution is 0.311. The Balaban J connectivity index is 0.00000364. The van der Waals surface area contributed by atoms with Gasteiger partial charge < -0.3 is 20.1 Å². The number of hydrogen-bond acceptors (Lipinski definition) is 4. The number of hydrogen-bond donors (Lipinski definition) is 2. The predicted molar refractivity (Wildman–Crippen MR) is 121 cm³/mol. The highest BCUT2D eigenvalue weighted by Crippen LogP contribution is 2.30. The van der Waals surface area contributed by atoms with Crippen molar-refractivity contribution in [2.24, 2.45) is 12.0 Å². The number of rotatable bonds is 7. The molecule has 0 aliphatic heterocycles. The lowest BCUT2D eigenvalue weighted by Crippen LogP contribution is -2.32. The van der Waals surface area contributed by atoms with E-state index in [1.807, 2.05) is 43.8 Å². The molecule has 8 heteroatoms. The molecule has 0 spiro atoms. The Morgan fingerprint density at radius 2 is 2.00 bits per heavy atom. The van der Waals surface area contributed by atoms with Crippen molar-refractivity contribution in [1.82, 2.24) is 15.1 Å². The fourth-order valence-electron chi connectivity index (χ4n) is 2.82. The van der Waals surface area contributed by atoms with Gasteiger partial charge in [0.1, 0.15) is 0 Å². The van der Waals surface area contributed by atoms with E-state index in [1.54, 1.807) is 14.2 Å². The molecular weight excluding hydrogens is 457 g/mol. The van der Waals surface area contributed by atoms with Crippen molar-refractivity contribution in [2.75, 3.05) is 32.6 Å². The van der Waals surface area contributed by atoms with E-state index in [9.17, 15) is 0 Å². The maximum atomic E-state index is 5.55. The fourth-order valence-corrected chi connectivity index (χ4v) is 2.82. The number of aromatic nitrogens is 2. The first-order valence-corrected chi connectivity index (χ1v) is 8.77. The van der Waals surface area contributed by atoms with E-state index in [1.165, 1.54) is 11.3 Å². The van der Waals surface area contributed by atoms with Gasteiger partial charge in [0.25, 0.3) is 0 Å². The molecule has 0 saturated carbocycles. The topological polar surface area (TPSA) is 72.7 Å². The summed E-state index contributed by atoms with van der Waals surface area (Å²) in [5.41, 5.74) is 4.43. The van der Waals surface area contributed by atoms with Gasteiger partial charge in [0.15, 0.2) is 17.5 Å². The van der Waals surface area contributed by atoms with E-state index in [0.29, 0.717) is 18.3 Å². The summed E-state index contributed by atoms with van der Waals surface area (Å²) in [6, 6.07) is 5.73. The van der Waals surface area contributed by atoms with Gasteiger partial charge in [-0.25, -0.2) is 0 Å². The average molecular weight is 487 g/mol. The van der Waals surface area contributed by atoms with Crippen LogP contribution in [0.5, 0.6) is 11.5 Å². The molecular formula is C19H30IN5O2. The molecule has 2 N–H and O–H groups in total. The third-order valence-corrected chi connectivity index (χ3v) is 4.28. The van der Waals surface area contributed by atoms with Gasteiger partial charge >= 0.3 is 0 Å². The maximum absolute atomic E-state index is 5.55. The zero-order chi connectivity index (χ0) is 19.1. The molecule has 1 heterocycles. The summed E-state index contributed by atoms with van der Waals surface area (Å²) < 4.78 is 12.9. The van der Waals surface area contributed by atoms with Crippen LogP contribution in [0, 0.1) is 13.8 Å². The summed E-state index contributed by atoms with van der Waals surface area (Å²) in [5.74, 6) is 2.12. The Labute approximate surface area is 178 Å². The summed E-state index contributed by atoms with van der Waals surface area (Å²) in [5, 5.41) is 11.1. The second kappa shape index (κ2) is 11.0. The van der Waals surface area contributed by atoms with Crippen molar-refractivity contribution in [3.05, 3.63) is 35.2 Å². The second-order valence-corrected chi connectivity index (χ2v) is 5.95. The Bertz CT molecular complexity index is 774. The van der Waals surface area contributed by atoms with Crippen molar-refractivity contribution in [3.63, 3.8) is 0 Å². The molecule has 0 atom stereocenters. The molecule has 7 nitrogen and oxygen atoms in total. The molecule has 0 aliphatic rings. The van der Waals surface area contributed by atoms with E-state index in [0.717, 1.165) is 30.1 Å². The van der Waals surface area contributed by atoms with Crippen LogP contribution < -0.4 is 20.1 Å². The summed E-state index contributed by atoms with van der Waals surface area (Å²) in [6.45, 7) is 7.44. The van der Waals surface area contributed by atoms with Crippen molar-refractivity contribution >= 4 is 35.6 Å². The average Bonchev–Trinajstić information content (AvgIpc) is 2.88. The van der Waals surface area contributed by atoms with Gasteiger partial charge in [0.05, 0.1) is 19.4 Å². The van der Waals surface area contributed by atoms with Crippen LogP contribution in [-0.2, 0) is 13.5 Å². The summed E-state index contributed by atoms with van der Waals surface area (Å²) in [6.07, 6.45) is 0.888. The van der Waals surface area contributed by atoms with Crippen molar-refractivity contribution in [2.45, 2.75) is 27.2 Å². The molecule has 0 saturated heterocycles. The van der Waals surface area contributed by atoms with E-state index >= 15 is 0 Å². The quantitative estimate of drug-likeness (QED) is 0.356. The fraction of sp³-hybridized carbons (Fsp3) is 0.474. The Morgan fingerprint density at radius 1 is 1.26 bits per heavy atom. The van der Waals surface area contributed by atoms with Crippen LogP contribution in [0.25, 0.3) is 0 Å². The van der Waals surface area contributed by atoms with Crippen molar-refractivity contribution in [1.29, 1.82) is 0 Å². The lowest BCUT2D eigenvalue weighted by atomic mass is 10.1. The number of nitrogens with one attached hydrogen (secondary N) is 2. The molecule has 2 aromatic rings. The molecule has 1 aromatic heterocycles. The highest BCUT2D eigenvalue weighted by Gasteiger charge is 2.10. The third-order valence-electron chi connectivity index (χ3n) is 4.28. The van der Waals surface area contributed by atoms with Crippen LogP contribution in [0.15, 0.2) is 23.2 Å². The number of benzene rings is 1. The lowest BCUT2D eigenvalue weighted by Gasteiger charge is -2.14.